The van der Waals surface area contributed by atoms with E-state index in [1.807, 2.05) is 13.0 Å². The van der Waals surface area contributed by atoms with Gasteiger partial charge in [0.2, 0.25) is 0 Å². The molecule has 1 aromatic carbocycles. The molecule has 0 amide bonds. The molecule has 0 bridgehead atoms. The van der Waals surface area contributed by atoms with E-state index in [1.54, 1.807) is 23.9 Å². The zero-order chi connectivity index (χ0) is 15.2. The van der Waals surface area contributed by atoms with Crippen molar-refractivity contribution >= 4 is 11.7 Å². The molecule has 0 saturated carbocycles. The Morgan fingerprint density at radius 1 is 1.43 bits per heavy atom. The van der Waals surface area contributed by atoms with E-state index >= 15 is 0 Å². The topological polar surface area (TPSA) is 66.0 Å². The second-order valence-corrected chi connectivity index (χ2v) is 4.51. The van der Waals surface area contributed by atoms with Gasteiger partial charge in [0.1, 0.15) is 17.5 Å². The number of rotatable bonds is 4. The maximum atomic E-state index is 13.0. The first-order chi connectivity index (χ1) is 10.1. The summed E-state index contributed by atoms with van der Waals surface area (Å²) in [6, 6.07) is 10.1. The first kappa shape index (κ1) is 14.7. The van der Waals surface area contributed by atoms with E-state index in [1.165, 1.54) is 12.1 Å². The Balaban J connectivity index is 2.23. The number of aromatic nitrogens is 2. The summed E-state index contributed by atoms with van der Waals surface area (Å²) in [5.41, 5.74) is 1.63. The second kappa shape index (κ2) is 6.66. The largest absolute Gasteiger partial charge is 0.325 e. The first-order valence-corrected chi connectivity index (χ1v) is 6.55. The molecule has 5 nitrogen and oxygen atoms in total. The Bertz CT molecular complexity index is 679. The zero-order valence-electron chi connectivity index (χ0n) is 12.0. The van der Waals surface area contributed by atoms with Crippen LogP contribution in [0.4, 0.5) is 10.2 Å². The molecule has 0 radical (unpaired) electrons. The molecule has 0 aliphatic heterocycles. The number of nitriles is 1. The molecule has 1 aromatic heterocycles. The van der Waals surface area contributed by atoms with E-state index < -0.39 is 0 Å². The van der Waals surface area contributed by atoms with Crippen molar-refractivity contribution in [3.05, 3.63) is 47.4 Å². The standard InChI is InChI=1S/C15H16FN5/c1-11-10-14(21(20-11)9-3-8-17)19-15(18-2)12-4-6-13(16)7-5-12/h4-7,10H,3,9H2,1-2H3,(H,18,19). The van der Waals surface area contributed by atoms with Gasteiger partial charge in [-0.3, -0.25) is 4.99 Å². The van der Waals surface area contributed by atoms with Gasteiger partial charge in [0, 0.05) is 18.7 Å². The molecule has 1 N–H and O–H groups in total. The predicted octanol–water partition coefficient (Wildman–Crippen LogP) is 2.73. The molecule has 0 aliphatic rings. The van der Waals surface area contributed by atoms with Crippen LogP contribution in [-0.4, -0.2) is 22.7 Å². The first-order valence-electron chi connectivity index (χ1n) is 6.55. The van der Waals surface area contributed by atoms with E-state index in [-0.39, 0.29) is 5.82 Å². The Morgan fingerprint density at radius 3 is 2.76 bits per heavy atom. The van der Waals surface area contributed by atoms with Crippen LogP contribution in [0.15, 0.2) is 35.3 Å². The SMILES string of the molecule is CN=C(Nc1cc(C)nn1CCC#N)c1ccc(F)cc1. The molecule has 108 valence electrons. The van der Waals surface area contributed by atoms with Crippen LogP contribution in [-0.2, 0) is 6.54 Å². The number of aliphatic imine (C=N–C) groups is 1. The lowest BCUT2D eigenvalue weighted by Gasteiger charge is -2.11. The number of benzene rings is 1. The molecule has 0 saturated heterocycles. The number of amidine groups is 1. The molecule has 1 heterocycles. The number of nitrogens with one attached hydrogen (secondary N) is 1. The molecule has 0 aliphatic carbocycles. The van der Waals surface area contributed by atoms with E-state index in [0.29, 0.717) is 18.8 Å². The Morgan fingerprint density at radius 2 is 2.14 bits per heavy atom. The van der Waals surface area contributed by atoms with Crippen molar-refractivity contribution in [2.75, 3.05) is 12.4 Å². The molecular weight excluding hydrogens is 269 g/mol. The number of anilines is 1. The van der Waals surface area contributed by atoms with Gasteiger partial charge < -0.3 is 5.32 Å². The van der Waals surface area contributed by atoms with Crippen LogP contribution in [0.2, 0.25) is 0 Å². The van der Waals surface area contributed by atoms with Gasteiger partial charge in [0.15, 0.2) is 0 Å². The fraction of sp³-hybridized carbons (Fsp3) is 0.267. The molecule has 6 heteroatoms. The molecule has 0 spiro atoms. The highest BCUT2D eigenvalue weighted by Crippen LogP contribution is 2.13. The van der Waals surface area contributed by atoms with Gasteiger partial charge in [-0.2, -0.15) is 10.4 Å². The van der Waals surface area contributed by atoms with Gasteiger partial charge in [-0.1, -0.05) is 0 Å². The Labute approximate surface area is 122 Å². The van der Waals surface area contributed by atoms with Crippen molar-refractivity contribution in [2.24, 2.45) is 4.99 Å². The van der Waals surface area contributed by atoms with Crippen LogP contribution in [0.25, 0.3) is 0 Å². The summed E-state index contributed by atoms with van der Waals surface area (Å²) in [6.45, 7) is 2.39. The van der Waals surface area contributed by atoms with Gasteiger partial charge in [-0.25, -0.2) is 9.07 Å². The van der Waals surface area contributed by atoms with E-state index in [0.717, 1.165) is 17.1 Å². The van der Waals surface area contributed by atoms with Crippen molar-refractivity contribution in [1.82, 2.24) is 9.78 Å². The summed E-state index contributed by atoms with van der Waals surface area (Å²) < 4.78 is 14.7. The number of halogens is 1. The van der Waals surface area contributed by atoms with Crippen molar-refractivity contribution in [3.8, 4) is 6.07 Å². The molecule has 0 unspecified atom stereocenters. The van der Waals surface area contributed by atoms with Crippen LogP contribution < -0.4 is 5.32 Å². The molecule has 0 fully saturated rings. The van der Waals surface area contributed by atoms with Gasteiger partial charge in [-0.05, 0) is 31.2 Å². The third-order valence-electron chi connectivity index (χ3n) is 2.93. The third-order valence-corrected chi connectivity index (χ3v) is 2.93. The predicted molar refractivity (Wildman–Crippen MR) is 79.7 cm³/mol. The van der Waals surface area contributed by atoms with Crippen molar-refractivity contribution in [2.45, 2.75) is 19.9 Å². The van der Waals surface area contributed by atoms with Crippen molar-refractivity contribution in [3.63, 3.8) is 0 Å². The lowest BCUT2D eigenvalue weighted by Crippen LogP contribution is -2.17. The average molecular weight is 285 g/mol. The molecular formula is C15H16FN5. The number of aryl methyl sites for hydroxylation is 2. The maximum Gasteiger partial charge on any atom is 0.133 e. The van der Waals surface area contributed by atoms with Crippen LogP contribution in [0.3, 0.4) is 0 Å². The van der Waals surface area contributed by atoms with Gasteiger partial charge in [-0.15, -0.1) is 0 Å². The van der Waals surface area contributed by atoms with Gasteiger partial charge in [0.25, 0.3) is 0 Å². The van der Waals surface area contributed by atoms with E-state index in [4.69, 9.17) is 5.26 Å². The minimum atomic E-state index is -0.288. The summed E-state index contributed by atoms with van der Waals surface area (Å²) in [4.78, 5) is 4.19. The number of hydrogen-bond donors (Lipinski definition) is 1. The van der Waals surface area contributed by atoms with Crippen LogP contribution in [0, 0.1) is 24.1 Å². The minimum Gasteiger partial charge on any atom is -0.325 e. The van der Waals surface area contributed by atoms with E-state index in [2.05, 4.69) is 21.5 Å². The van der Waals surface area contributed by atoms with E-state index in [9.17, 15) is 4.39 Å². The fourth-order valence-electron chi connectivity index (χ4n) is 1.96. The highest BCUT2D eigenvalue weighted by molar-refractivity contribution is 6.07. The number of nitrogens with zero attached hydrogens (tertiary/aromatic N) is 4. The normalized spacial score (nSPS) is 11.2. The molecule has 0 atom stereocenters. The summed E-state index contributed by atoms with van der Waals surface area (Å²) in [5.74, 6) is 1.09. The summed E-state index contributed by atoms with van der Waals surface area (Å²) >= 11 is 0. The van der Waals surface area contributed by atoms with Crippen LogP contribution >= 0.6 is 0 Å². The zero-order valence-corrected chi connectivity index (χ0v) is 12.0. The molecule has 21 heavy (non-hydrogen) atoms. The quantitative estimate of drug-likeness (QED) is 0.694. The highest BCUT2D eigenvalue weighted by atomic mass is 19.1. The summed E-state index contributed by atoms with van der Waals surface area (Å²) in [7, 11) is 1.66. The van der Waals surface area contributed by atoms with Gasteiger partial charge in [0.05, 0.1) is 24.7 Å². The van der Waals surface area contributed by atoms with Gasteiger partial charge >= 0.3 is 0 Å². The molecule has 2 aromatic rings. The smallest absolute Gasteiger partial charge is 0.133 e. The monoisotopic (exact) mass is 285 g/mol. The summed E-state index contributed by atoms with van der Waals surface area (Å²) in [6.07, 6.45) is 0.380. The fourth-order valence-corrected chi connectivity index (χ4v) is 1.96. The van der Waals surface area contributed by atoms with Crippen molar-refractivity contribution in [1.29, 1.82) is 5.26 Å². The lowest BCUT2D eigenvalue weighted by molar-refractivity contribution is 0.627. The second-order valence-electron chi connectivity index (χ2n) is 4.51. The van der Waals surface area contributed by atoms with Crippen LogP contribution in [0.1, 0.15) is 17.7 Å². The molecule has 2 rings (SSSR count). The minimum absolute atomic E-state index is 0.288. The average Bonchev–Trinajstić information content (AvgIpc) is 2.83. The Kier molecular flexibility index (Phi) is 4.67. The maximum absolute atomic E-state index is 13.0. The van der Waals surface area contributed by atoms with Crippen molar-refractivity contribution < 1.29 is 4.39 Å². The summed E-state index contributed by atoms with van der Waals surface area (Å²) in [5, 5.41) is 16.2. The number of hydrogen-bond acceptors (Lipinski definition) is 3. The Hall–Kier alpha value is -2.68. The lowest BCUT2D eigenvalue weighted by atomic mass is 10.2. The third kappa shape index (κ3) is 3.66. The van der Waals surface area contributed by atoms with Crippen LogP contribution in [0.5, 0.6) is 0 Å². The highest BCUT2D eigenvalue weighted by Gasteiger charge is 2.09.